The molecular formula is C18H22FNO. The van der Waals surface area contributed by atoms with Crippen molar-refractivity contribution >= 4 is 0 Å². The number of nitrogens with one attached hydrogen (secondary N) is 1. The summed E-state index contributed by atoms with van der Waals surface area (Å²) in [5.41, 5.74) is 3.02. The van der Waals surface area contributed by atoms with Crippen molar-refractivity contribution in [3.05, 3.63) is 65.0 Å². The van der Waals surface area contributed by atoms with Crippen molar-refractivity contribution in [1.29, 1.82) is 0 Å². The van der Waals surface area contributed by atoms with E-state index >= 15 is 0 Å². The standard InChI is InChI=1S/C18H22FNO/c1-3-20-11-10-15-5-7-16(8-6-15)13-21-17-9-4-14(2)18(19)12-17/h4-9,12,20H,3,10-11,13H2,1-2H3. The van der Waals surface area contributed by atoms with Crippen molar-refractivity contribution in [3.8, 4) is 5.75 Å². The molecule has 0 heterocycles. The van der Waals surface area contributed by atoms with Gasteiger partial charge in [-0.3, -0.25) is 0 Å². The Bertz CT molecular complexity index is 566. The van der Waals surface area contributed by atoms with Crippen LogP contribution in [0, 0.1) is 12.7 Å². The Hall–Kier alpha value is -1.87. The third-order valence-corrected chi connectivity index (χ3v) is 3.41. The molecule has 1 N–H and O–H groups in total. The van der Waals surface area contributed by atoms with Crippen LogP contribution in [0.2, 0.25) is 0 Å². The van der Waals surface area contributed by atoms with Crippen molar-refractivity contribution in [2.75, 3.05) is 13.1 Å². The van der Waals surface area contributed by atoms with Gasteiger partial charge < -0.3 is 10.1 Å². The van der Waals surface area contributed by atoms with Crippen LogP contribution in [0.25, 0.3) is 0 Å². The topological polar surface area (TPSA) is 21.3 Å². The summed E-state index contributed by atoms with van der Waals surface area (Å²) in [7, 11) is 0. The first-order chi connectivity index (χ1) is 10.2. The van der Waals surface area contributed by atoms with Crippen molar-refractivity contribution in [1.82, 2.24) is 5.32 Å². The summed E-state index contributed by atoms with van der Waals surface area (Å²) in [5.74, 6) is 0.334. The number of likely N-dealkylation sites (N-methyl/N-ethyl adjacent to an activating group) is 1. The molecule has 0 atom stereocenters. The lowest BCUT2D eigenvalue weighted by Crippen LogP contribution is -2.15. The molecule has 0 saturated carbocycles. The molecule has 2 nitrogen and oxygen atoms in total. The summed E-state index contributed by atoms with van der Waals surface area (Å²) in [6.45, 7) is 6.30. The number of hydrogen-bond donors (Lipinski definition) is 1. The lowest BCUT2D eigenvalue weighted by Gasteiger charge is -2.08. The molecule has 0 amide bonds. The fraction of sp³-hybridized carbons (Fsp3) is 0.333. The van der Waals surface area contributed by atoms with Crippen molar-refractivity contribution in [2.24, 2.45) is 0 Å². The van der Waals surface area contributed by atoms with Crippen LogP contribution < -0.4 is 10.1 Å². The third-order valence-electron chi connectivity index (χ3n) is 3.41. The van der Waals surface area contributed by atoms with Gasteiger partial charge in [-0.15, -0.1) is 0 Å². The highest BCUT2D eigenvalue weighted by molar-refractivity contribution is 5.29. The predicted molar refractivity (Wildman–Crippen MR) is 84.2 cm³/mol. The molecule has 21 heavy (non-hydrogen) atoms. The zero-order valence-electron chi connectivity index (χ0n) is 12.7. The lowest BCUT2D eigenvalue weighted by molar-refractivity contribution is 0.304. The van der Waals surface area contributed by atoms with E-state index in [4.69, 9.17) is 4.74 Å². The molecule has 3 heteroatoms. The van der Waals surface area contributed by atoms with E-state index in [1.54, 1.807) is 19.1 Å². The molecule has 0 unspecified atom stereocenters. The highest BCUT2D eigenvalue weighted by Gasteiger charge is 2.01. The summed E-state index contributed by atoms with van der Waals surface area (Å²) < 4.78 is 19.0. The van der Waals surface area contributed by atoms with Crippen molar-refractivity contribution in [2.45, 2.75) is 26.9 Å². The highest BCUT2D eigenvalue weighted by atomic mass is 19.1. The second-order valence-electron chi connectivity index (χ2n) is 5.12. The lowest BCUT2D eigenvalue weighted by atomic mass is 10.1. The number of hydrogen-bond acceptors (Lipinski definition) is 2. The van der Waals surface area contributed by atoms with Gasteiger partial charge in [0.05, 0.1) is 0 Å². The van der Waals surface area contributed by atoms with Crippen molar-refractivity contribution < 1.29 is 9.13 Å². The minimum Gasteiger partial charge on any atom is -0.489 e. The summed E-state index contributed by atoms with van der Waals surface area (Å²) in [6, 6.07) is 13.3. The Morgan fingerprint density at radius 3 is 2.43 bits per heavy atom. The first kappa shape index (κ1) is 15.5. The Balaban J connectivity index is 1.86. The Labute approximate surface area is 126 Å². The number of ether oxygens (including phenoxy) is 1. The fourth-order valence-electron chi connectivity index (χ4n) is 2.04. The monoisotopic (exact) mass is 287 g/mol. The first-order valence-corrected chi connectivity index (χ1v) is 7.36. The van der Waals surface area contributed by atoms with E-state index in [0.717, 1.165) is 25.1 Å². The highest BCUT2D eigenvalue weighted by Crippen LogP contribution is 2.17. The molecule has 0 bridgehead atoms. The van der Waals surface area contributed by atoms with Gasteiger partial charge in [0, 0.05) is 6.07 Å². The maximum Gasteiger partial charge on any atom is 0.129 e. The molecule has 2 aromatic rings. The minimum absolute atomic E-state index is 0.230. The molecule has 0 saturated heterocycles. The van der Waals surface area contributed by atoms with Gasteiger partial charge >= 0.3 is 0 Å². The minimum atomic E-state index is -0.230. The predicted octanol–water partition coefficient (Wildman–Crippen LogP) is 3.87. The third kappa shape index (κ3) is 4.87. The average molecular weight is 287 g/mol. The maximum atomic E-state index is 13.4. The summed E-state index contributed by atoms with van der Waals surface area (Å²) >= 11 is 0. The molecule has 0 aliphatic rings. The zero-order chi connectivity index (χ0) is 15.1. The van der Waals surface area contributed by atoms with Crippen LogP contribution in [0.1, 0.15) is 23.6 Å². The quantitative estimate of drug-likeness (QED) is 0.781. The van der Waals surface area contributed by atoms with Gasteiger partial charge in [0.15, 0.2) is 0 Å². The summed E-state index contributed by atoms with van der Waals surface area (Å²) in [6.07, 6.45) is 1.03. The van der Waals surface area contributed by atoms with Crippen LogP contribution in [0.4, 0.5) is 4.39 Å². The van der Waals surface area contributed by atoms with E-state index in [0.29, 0.717) is 17.9 Å². The molecule has 2 rings (SSSR count). The van der Waals surface area contributed by atoms with Crippen LogP contribution in [0.15, 0.2) is 42.5 Å². The van der Waals surface area contributed by atoms with E-state index in [2.05, 4.69) is 36.5 Å². The van der Waals surface area contributed by atoms with Gasteiger partial charge in [-0.1, -0.05) is 37.3 Å². The number of aryl methyl sites for hydroxylation is 1. The van der Waals surface area contributed by atoms with Crippen LogP contribution in [0.5, 0.6) is 5.75 Å². The number of benzene rings is 2. The summed E-state index contributed by atoms with van der Waals surface area (Å²) in [5, 5.41) is 3.31. The van der Waals surface area contributed by atoms with Crippen LogP contribution in [0.3, 0.4) is 0 Å². The van der Waals surface area contributed by atoms with Crippen LogP contribution >= 0.6 is 0 Å². The maximum absolute atomic E-state index is 13.4. The van der Waals surface area contributed by atoms with Gasteiger partial charge in [-0.2, -0.15) is 0 Å². The fourth-order valence-corrected chi connectivity index (χ4v) is 2.04. The molecule has 112 valence electrons. The number of rotatable bonds is 7. The molecule has 2 aromatic carbocycles. The van der Waals surface area contributed by atoms with Gasteiger partial charge in [0.25, 0.3) is 0 Å². The SMILES string of the molecule is CCNCCc1ccc(COc2ccc(C)c(F)c2)cc1. The largest absolute Gasteiger partial charge is 0.489 e. The molecule has 0 radical (unpaired) electrons. The van der Waals surface area contributed by atoms with E-state index in [1.807, 2.05) is 0 Å². The summed E-state index contributed by atoms with van der Waals surface area (Å²) in [4.78, 5) is 0. The Kier molecular flexibility index (Phi) is 5.76. The van der Waals surface area contributed by atoms with E-state index in [-0.39, 0.29) is 5.82 Å². The second kappa shape index (κ2) is 7.79. The van der Waals surface area contributed by atoms with E-state index in [9.17, 15) is 4.39 Å². The van der Waals surface area contributed by atoms with E-state index in [1.165, 1.54) is 11.6 Å². The molecule has 0 aliphatic carbocycles. The molecule has 0 fully saturated rings. The zero-order valence-corrected chi connectivity index (χ0v) is 12.7. The Morgan fingerprint density at radius 1 is 1.05 bits per heavy atom. The normalized spacial score (nSPS) is 10.6. The van der Waals surface area contributed by atoms with Crippen LogP contribution in [-0.2, 0) is 13.0 Å². The second-order valence-corrected chi connectivity index (χ2v) is 5.12. The van der Waals surface area contributed by atoms with Gasteiger partial charge in [0.2, 0.25) is 0 Å². The first-order valence-electron chi connectivity index (χ1n) is 7.36. The van der Waals surface area contributed by atoms with Gasteiger partial charge in [0.1, 0.15) is 18.2 Å². The van der Waals surface area contributed by atoms with E-state index < -0.39 is 0 Å². The number of halogens is 1. The smallest absolute Gasteiger partial charge is 0.129 e. The Morgan fingerprint density at radius 2 is 1.76 bits per heavy atom. The molecule has 0 aliphatic heterocycles. The van der Waals surface area contributed by atoms with Crippen LogP contribution in [-0.4, -0.2) is 13.1 Å². The molecular weight excluding hydrogens is 265 g/mol. The molecule has 0 aromatic heterocycles. The average Bonchev–Trinajstić information content (AvgIpc) is 2.50. The van der Waals surface area contributed by atoms with Crippen molar-refractivity contribution in [3.63, 3.8) is 0 Å². The van der Waals surface area contributed by atoms with Gasteiger partial charge in [-0.05, 0) is 49.2 Å². The molecule has 0 spiro atoms. The van der Waals surface area contributed by atoms with Gasteiger partial charge in [-0.25, -0.2) is 4.39 Å².